The first kappa shape index (κ1) is 17.5. The number of ether oxygens (including phenoxy) is 1. The maximum Gasteiger partial charge on any atom is 0.323 e. The van der Waals surface area contributed by atoms with E-state index in [2.05, 4.69) is 24.4 Å². The summed E-state index contributed by atoms with van der Waals surface area (Å²) in [6, 6.07) is 8.10. The van der Waals surface area contributed by atoms with Crippen LogP contribution >= 0.6 is 0 Å². The summed E-state index contributed by atoms with van der Waals surface area (Å²) in [6.45, 7) is 7.06. The summed E-state index contributed by atoms with van der Waals surface area (Å²) < 4.78 is 5.72. The van der Waals surface area contributed by atoms with E-state index >= 15 is 0 Å². The van der Waals surface area contributed by atoms with Gasteiger partial charge in [-0.3, -0.25) is 4.79 Å². The third kappa shape index (κ3) is 5.76. The first-order valence-corrected chi connectivity index (χ1v) is 7.72. The molecule has 0 aliphatic heterocycles. The molecule has 0 aliphatic rings. The SMILES string of the molecule is CCNC(C)(CCCCOc1cccc(CC)c1)C(=O)O. The first-order chi connectivity index (χ1) is 10.0. The number of aliphatic carboxylic acids is 1. The Balaban J connectivity index is 2.32. The van der Waals surface area contributed by atoms with Gasteiger partial charge in [0.2, 0.25) is 0 Å². The second-order valence-electron chi connectivity index (χ2n) is 5.47. The smallest absolute Gasteiger partial charge is 0.323 e. The monoisotopic (exact) mass is 293 g/mol. The van der Waals surface area contributed by atoms with Crippen molar-refractivity contribution in [3.8, 4) is 5.75 Å². The third-order valence-electron chi connectivity index (χ3n) is 3.69. The van der Waals surface area contributed by atoms with Gasteiger partial charge in [-0.2, -0.15) is 0 Å². The molecule has 0 aliphatic carbocycles. The maximum absolute atomic E-state index is 11.3. The van der Waals surface area contributed by atoms with Gasteiger partial charge in [-0.1, -0.05) is 26.0 Å². The molecule has 0 spiro atoms. The van der Waals surface area contributed by atoms with Gasteiger partial charge in [0.05, 0.1) is 6.61 Å². The number of unbranched alkanes of at least 4 members (excludes halogenated alkanes) is 1. The van der Waals surface area contributed by atoms with Crippen molar-refractivity contribution in [2.24, 2.45) is 0 Å². The van der Waals surface area contributed by atoms with Crippen molar-refractivity contribution < 1.29 is 14.6 Å². The second kappa shape index (κ2) is 8.67. The maximum atomic E-state index is 11.3. The Morgan fingerprint density at radius 3 is 2.71 bits per heavy atom. The summed E-state index contributed by atoms with van der Waals surface area (Å²) >= 11 is 0. The highest BCUT2D eigenvalue weighted by molar-refractivity contribution is 5.78. The van der Waals surface area contributed by atoms with Crippen LogP contribution < -0.4 is 10.1 Å². The van der Waals surface area contributed by atoms with Crippen molar-refractivity contribution in [1.82, 2.24) is 5.32 Å². The topological polar surface area (TPSA) is 58.6 Å². The number of carbonyl (C=O) groups is 1. The number of carboxylic acids is 1. The Morgan fingerprint density at radius 1 is 1.33 bits per heavy atom. The molecule has 1 rings (SSSR count). The summed E-state index contributed by atoms with van der Waals surface area (Å²) in [6.07, 6.45) is 3.28. The van der Waals surface area contributed by atoms with E-state index in [1.165, 1.54) is 5.56 Å². The lowest BCUT2D eigenvalue weighted by atomic mass is 9.95. The quantitative estimate of drug-likeness (QED) is 0.650. The molecule has 0 heterocycles. The first-order valence-electron chi connectivity index (χ1n) is 7.72. The minimum absolute atomic E-state index is 0.606. The van der Waals surface area contributed by atoms with Crippen LogP contribution in [0.5, 0.6) is 5.75 Å². The lowest BCUT2D eigenvalue weighted by molar-refractivity contribution is -0.144. The van der Waals surface area contributed by atoms with Gasteiger partial charge in [0.1, 0.15) is 11.3 Å². The Kier molecular flexibility index (Phi) is 7.23. The van der Waals surface area contributed by atoms with E-state index in [1.54, 1.807) is 6.92 Å². The number of rotatable bonds is 10. The molecule has 0 saturated carbocycles. The van der Waals surface area contributed by atoms with E-state index in [-0.39, 0.29) is 0 Å². The van der Waals surface area contributed by atoms with Crippen LogP contribution in [0, 0.1) is 0 Å². The van der Waals surface area contributed by atoms with Crippen molar-refractivity contribution in [2.45, 2.75) is 52.0 Å². The molecule has 0 amide bonds. The van der Waals surface area contributed by atoms with Crippen LogP contribution in [0.2, 0.25) is 0 Å². The van der Waals surface area contributed by atoms with Crippen molar-refractivity contribution >= 4 is 5.97 Å². The van der Waals surface area contributed by atoms with E-state index in [1.807, 2.05) is 19.1 Å². The van der Waals surface area contributed by atoms with Crippen molar-refractivity contribution in [2.75, 3.05) is 13.2 Å². The van der Waals surface area contributed by atoms with E-state index in [0.717, 1.165) is 25.0 Å². The molecule has 1 aromatic carbocycles. The molecule has 4 heteroatoms. The highest BCUT2D eigenvalue weighted by Gasteiger charge is 2.30. The molecular formula is C17H27NO3. The largest absolute Gasteiger partial charge is 0.494 e. The number of likely N-dealkylation sites (N-methyl/N-ethyl adjacent to an activating group) is 1. The number of aryl methyl sites for hydroxylation is 1. The molecule has 4 nitrogen and oxygen atoms in total. The molecule has 1 atom stereocenters. The summed E-state index contributed by atoms with van der Waals surface area (Å²) in [4.78, 5) is 11.3. The van der Waals surface area contributed by atoms with Gasteiger partial charge >= 0.3 is 5.97 Å². The minimum atomic E-state index is -0.836. The molecule has 0 radical (unpaired) electrons. The van der Waals surface area contributed by atoms with E-state index in [4.69, 9.17) is 4.74 Å². The molecule has 1 unspecified atom stereocenters. The van der Waals surface area contributed by atoms with Crippen LogP contribution in [0.25, 0.3) is 0 Å². The zero-order valence-corrected chi connectivity index (χ0v) is 13.3. The highest BCUT2D eigenvalue weighted by Crippen LogP contribution is 2.16. The number of carboxylic acid groups (broad SMARTS) is 1. The molecule has 0 fully saturated rings. The lowest BCUT2D eigenvalue weighted by Gasteiger charge is -2.25. The Hall–Kier alpha value is -1.55. The van der Waals surface area contributed by atoms with Gasteiger partial charge in [0, 0.05) is 0 Å². The number of hydrogen-bond donors (Lipinski definition) is 2. The molecule has 21 heavy (non-hydrogen) atoms. The van der Waals surface area contributed by atoms with E-state index < -0.39 is 11.5 Å². The van der Waals surface area contributed by atoms with Crippen LogP contribution in [0.15, 0.2) is 24.3 Å². The van der Waals surface area contributed by atoms with Crippen LogP contribution in [-0.2, 0) is 11.2 Å². The Morgan fingerprint density at radius 2 is 2.10 bits per heavy atom. The zero-order valence-electron chi connectivity index (χ0n) is 13.3. The molecule has 0 bridgehead atoms. The lowest BCUT2D eigenvalue weighted by Crippen LogP contribution is -2.49. The Bertz CT molecular complexity index is 447. The van der Waals surface area contributed by atoms with E-state index in [0.29, 0.717) is 19.6 Å². The molecule has 1 aromatic rings. The summed E-state index contributed by atoms with van der Waals surface area (Å²) in [7, 11) is 0. The van der Waals surface area contributed by atoms with Gasteiger partial charge < -0.3 is 15.2 Å². The molecule has 2 N–H and O–H groups in total. The molecule has 0 aromatic heterocycles. The summed E-state index contributed by atoms with van der Waals surface area (Å²) in [5.41, 5.74) is 0.426. The standard InChI is InChI=1S/C17H27NO3/c1-4-14-9-8-10-15(13-14)21-12-7-6-11-17(3,16(19)20)18-5-2/h8-10,13,18H,4-7,11-12H2,1-3H3,(H,19,20). The predicted molar refractivity (Wildman–Crippen MR) is 84.9 cm³/mol. The fourth-order valence-electron chi connectivity index (χ4n) is 2.29. The fraction of sp³-hybridized carbons (Fsp3) is 0.588. The fourth-order valence-corrected chi connectivity index (χ4v) is 2.29. The van der Waals surface area contributed by atoms with Crippen molar-refractivity contribution in [1.29, 1.82) is 0 Å². The average Bonchev–Trinajstić information content (AvgIpc) is 2.47. The van der Waals surface area contributed by atoms with Crippen LogP contribution in [0.3, 0.4) is 0 Å². The average molecular weight is 293 g/mol. The summed E-state index contributed by atoms with van der Waals surface area (Å²) in [5.74, 6) is 0.0999. The van der Waals surface area contributed by atoms with Crippen LogP contribution in [0.1, 0.15) is 45.6 Å². The van der Waals surface area contributed by atoms with Crippen molar-refractivity contribution in [3.63, 3.8) is 0 Å². The third-order valence-corrected chi connectivity index (χ3v) is 3.69. The predicted octanol–water partition coefficient (Wildman–Crippen LogP) is 3.25. The van der Waals surface area contributed by atoms with Gasteiger partial charge in [-0.15, -0.1) is 0 Å². The van der Waals surface area contributed by atoms with Gasteiger partial charge in [0.15, 0.2) is 0 Å². The van der Waals surface area contributed by atoms with Gasteiger partial charge in [-0.05, 0) is 56.8 Å². The zero-order chi connectivity index (χ0) is 15.7. The molecular weight excluding hydrogens is 266 g/mol. The summed E-state index contributed by atoms with van der Waals surface area (Å²) in [5, 5.41) is 12.3. The normalized spacial score (nSPS) is 13.7. The van der Waals surface area contributed by atoms with Crippen LogP contribution in [0.4, 0.5) is 0 Å². The second-order valence-corrected chi connectivity index (χ2v) is 5.47. The van der Waals surface area contributed by atoms with E-state index in [9.17, 15) is 9.90 Å². The number of nitrogens with one attached hydrogen (secondary N) is 1. The van der Waals surface area contributed by atoms with Crippen molar-refractivity contribution in [3.05, 3.63) is 29.8 Å². The Labute approximate surface area is 127 Å². The molecule has 118 valence electrons. The number of hydrogen-bond acceptors (Lipinski definition) is 3. The minimum Gasteiger partial charge on any atom is -0.494 e. The number of benzene rings is 1. The van der Waals surface area contributed by atoms with Crippen LogP contribution in [-0.4, -0.2) is 29.8 Å². The highest BCUT2D eigenvalue weighted by atomic mass is 16.5. The molecule has 0 saturated heterocycles. The van der Waals surface area contributed by atoms with Gasteiger partial charge in [0.25, 0.3) is 0 Å². The van der Waals surface area contributed by atoms with Gasteiger partial charge in [-0.25, -0.2) is 0 Å².